The molecule has 0 saturated carbocycles. The van der Waals surface area contributed by atoms with Crippen LogP contribution in [-0.4, -0.2) is 61.1 Å². The first kappa shape index (κ1) is 20.6. The Morgan fingerprint density at radius 3 is 2.23 bits per heavy atom. The largest absolute Gasteiger partial charge is 0.444 e. The molecule has 2 saturated heterocycles. The maximum Gasteiger partial charge on any atom is 0.339 e. The Bertz CT molecular complexity index is 841. The predicted octanol–water partition coefficient (Wildman–Crippen LogP) is 3.04. The number of hydrogen-bond acceptors (Lipinski definition) is 5. The molecule has 0 bridgehead atoms. The highest BCUT2D eigenvalue weighted by molar-refractivity contribution is 5.92. The van der Waals surface area contributed by atoms with E-state index in [4.69, 9.17) is 9.47 Å². The monoisotopic (exact) mass is 408 g/mol. The standard InChI is InChI=1S/C24H28N2O4/c27-23(26-12-4-5-13-26)22(20-6-2-1-3-7-20)30-24(28)21-10-8-19(9-11-21)18-25-14-16-29-17-15-25/h1-3,6-11,22H,4-5,12-18H2/t22-/m0/s1. The minimum absolute atomic E-state index is 0.143. The second-order valence-electron chi connectivity index (χ2n) is 7.81. The second-order valence-corrected chi connectivity index (χ2v) is 7.81. The third-order valence-electron chi connectivity index (χ3n) is 5.67. The van der Waals surface area contributed by atoms with E-state index in [1.165, 1.54) is 0 Å². The van der Waals surface area contributed by atoms with Crippen LogP contribution in [0.15, 0.2) is 54.6 Å². The van der Waals surface area contributed by atoms with Crippen LogP contribution in [0.1, 0.15) is 40.4 Å². The van der Waals surface area contributed by atoms with E-state index < -0.39 is 12.1 Å². The summed E-state index contributed by atoms with van der Waals surface area (Å²) >= 11 is 0. The molecule has 4 rings (SSSR count). The van der Waals surface area contributed by atoms with Gasteiger partial charge in [0.2, 0.25) is 6.10 Å². The number of amides is 1. The third-order valence-corrected chi connectivity index (χ3v) is 5.67. The van der Waals surface area contributed by atoms with Gasteiger partial charge in [0.15, 0.2) is 0 Å². The SMILES string of the molecule is O=C(O[C@H](C(=O)N1CCCC1)c1ccccc1)c1ccc(CN2CCOCC2)cc1. The first-order valence-electron chi connectivity index (χ1n) is 10.6. The van der Waals surface area contributed by atoms with Gasteiger partial charge in [-0.25, -0.2) is 4.79 Å². The number of likely N-dealkylation sites (tertiary alicyclic amines) is 1. The summed E-state index contributed by atoms with van der Waals surface area (Å²) in [7, 11) is 0. The molecule has 0 spiro atoms. The average Bonchev–Trinajstić information content (AvgIpc) is 3.34. The zero-order valence-corrected chi connectivity index (χ0v) is 17.2. The Morgan fingerprint density at radius 1 is 0.900 bits per heavy atom. The predicted molar refractivity (Wildman–Crippen MR) is 113 cm³/mol. The normalized spacial score (nSPS) is 18.2. The number of ether oxygens (including phenoxy) is 2. The van der Waals surface area contributed by atoms with E-state index in [9.17, 15) is 9.59 Å². The van der Waals surface area contributed by atoms with Crippen molar-refractivity contribution in [2.75, 3.05) is 39.4 Å². The van der Waals surface area contributed by atoms with Crippen molar-refractivity contribution in [1.29, 1.82) is 0 Å². The van der Waals surface area contributed by atoms with Crippen LogP contribution in [0.3, 0.4) is 0 Å². The number of carbonyl (C=O) groups excluding carboxylic acids is 2. The molecule has 6 heteroatoms. The molecule has 2 aliphatic heterocycles. The molecular formula is C24H28N2O4. The Labute approximate surface area is 177 Å². The molecule has 0 aliphatic carbocycles. The van der Waals surface area contributed by atoms with Crippen molar-refractivity contribution in [2.24, 2.45) is 0 Å². The summed E-state index contributed by atoms with van der Waals surface area (Å²) in [5.41, 5.74) is 2.30. The summed E-state index contributed by atoms with van der Waals surface area (Å²) < 4.78 is 11.1. The highest BCUT2D eigenvalue weighted by Crippen LogP contribution is 2.24. The van der Waals surface area contributed by atoms with Crippen LogP contribution in [0, 0.1) is 0 Å². The van der Waals surface area contributed by atoms with E-state index in [0.29, 0.717) is 11.1 Å². The Kier molecular flexibility index (Phi) is 6.77. The summed E-state index contributed by atoms with van der Waals surface area (Å²) in [5.74, 6) is -0.620. The summed E-state index contributed by atoms with van der Waals surface area (Å²) in [6.45, 7) is 5.62. The van der Waals surface area contributed by atoms with Crippen LogP contribution in [0.5, 0.6) is 0 Å². The van der Waals surface area contributed by atoms with E-state index in [2.05, 4.69) is 4.90 Å². The van der Waals surface area contributed by atoms with E-state index in [1.54, 1.807) is 17.0 Å². The van der Waals surface area contributed by atoms with Gasteiger partial charge in [0.05, 0.1) is 18.8 Å². The lowest BCUT2D eigenvalue weighted by atomic mass is 10.1. The number of esters is 1. The number of nitrogens with zero attached hydrogens (tertiary/aromatic N) is 2. The van der Waals surface area contributed by atoms with Crippen molar-refractivity contribution in [3.63, 3.8) is 0 Å². The van der Waals surface area contributed by atoms with Gasteiger partial charge < -0.3 is 14.4 Å². The van der Waals surface area contributed by atoms with Crippen LogP contribution in [-0.2, 0) is 20.8 Å². The number of morpholine rings is 1. The third kappa shape index (κ3) is 5.07. The minimum Gasteiger partial charge on any atom is -0.444 e. The second kappa shape index (κ2) is 9.87. The highest BCUT2D eigenvalue weighted by atomic mass is 16.5. The van der Waals surface area contributed by atoms with Crippen molar-refractivity contribution >= 4 is 11.9 Å². The fourth-order valence-corrected chi connectivity index (χ4v) is 3.93. The number of carbonyl (C=O) groups is 2. The zero-order chi connectivity index (χ0) is 20.8. The van der Waals surface area contributed by atoms with E-state index in [0.717, 1.165) is 64.3 Å². The summed E-state index contributed by atoms with van der Waals surface area (Å²) in [6.07, 6.45) is 1.07. The van der Waals surface area contributed by atoms with Crippen molar-refractivity contribution in [3.05, 3.63) is 71.3 Å². The number of benzene rings is 2. The molecule has 0 unspecified atom stereocenters. The molecule has 30 heavy (non-hydrogen) atoms. The summed E-state index contributed by atoms with van der Waals surface area (Å²) in [5, 5.41) is 0. The molecule has 0 radical (unpaired) electrons. The topological polar surface area (TPSA) is 59.1 Å². The Morgan fingerprint density at radius 2 is 1.57 bits per heavy atom. The molecule has 0 aromatic heterocycles. The van der Waals surface area contributed by atoms with E-state index in [-0.39, 0.29) is 5.91 Å². The van der Waals surface area contributed by atoms with Gasteiger partial charge in [0.25, 0.3) is 5.91 Å². The van der Waals surface area contributed by atoms with Crippen molar-refractivity contribution in [3.8, 4) is 0 Å². The highest BCUT2D eigenvalue weighted by Gasteiger charge is 2.31. The molecule has 158 valence electrons. The molecule has 6 nitrogen and oxygen atoms in total. The fourth-order valence-electron chi connectivity index (χ4n) is 3.93. The van der Waals surface area contributed by atoms with Crippen LogP contribution < -0.4 is 0 Å². The lowest BCUT2D eigenvalue weighted by Crippen LogP contribution is -2.35. The lowest BCUT2D eigenvalue weighted by molar-refractivity contribution is -0.140. The molecule has 2 aliphatic rings. The maximum absolute atomic E-state index is 13.0. The van der Waals surface area contributed by atoms with Crippen LogP contribution >= 0.6 is 0 Å². The van der Waals surface area contributed by atoms with Gasteiger partial charge in [0, 0.05) is 38.3 Å². The van der Waals surface area contributed by atoms with Gasteiger partial charge in [-0.3, -0.25) is 9.69 Å². The zero-order valence-electron chi connectivity index (χ0n) is 17.2. The van der Waals surface area contributed by atoms with Gasteiger partial charge >= 0.3 is 5.97 Å². The molecule has 2 aromatic carbocycles. The van der Waals surface area contributed by atoms with Crippen molar-refractivity contribution in [2.45, 2.75) is 25.5 Å². The Balaban J connectivity index is 1.44. The Hall–Kier alpha value is -2.70. The molecule has 2 heterocycles. The summed E-state index contributed by atoms with van der Waals surface area (Å²) in [6, 6.07) is 16.7. The summed E-state index contributed by atoms with van der Waals surface area (Å²) in [4.78, 5) is 30.0. The van der Waals surface area contributed by atoms with Gasteiger partial charge in [-0.15, -0.1) is 0 Å². The fraction of sp³-hybridized carbons (Fsp3) is 0.417. The molecule has 0 N–H and O–H groups in total. The number of hydrogen-bond donors (Lipinski definition) is 0. The van der Waals surface area contributed by atoms with Crippen LogP contribution in [0.2, 0.25) is 0 Å². The van der Waals surface area contributed by atoms with Gasteiger partial charge in [0.1, 0.15) is 0 Å². The van der Waals surface area contributed by atoms with Crippen molar-refractivity contribution < 1.29 is 19.1 Å². The van der Waals surface area contributed by atoms with Gasteiger partial charge in [-0.05, 0) is 30.5 Å². The van der Waals surface area contributed by atoms with E-state index >= 15 is 0 Å². The first-order chi connectivity index (χ1) is 14.7. The molecule has 1 amide bonds. The molecule has 2 fully saturated rings. The van der Waals surface area contributed by atoms with Crippen molar-refractivity contribution in [1.82, 2.24) is 9.80 Å². The van der Waals surface area contributed by atoms with Crippen LogP contribution in [0.25, 0.3) is 0 Å². The van der Waals surface area contributed by atoms with E-state index in [1.807, 2.05) is 42.5 Å². The maximum atomic E-state index is 13.0. The minimum atomic E-state index is -0.912. The first-order valence-corrected chi connectivity index (χ1v) is 10.6. The molecule has 1 atom stereocenters. The smallest absolute Gasteiger partial charge is 0.339 e. The number of rotatable bonds is 6. The van der Waals surface area contributed by atoms with Gasteiger partial charge in [-0.1, -0.05) is 42.5 Å². The average molecular weight is 408 g/mol. The quantitative estimate of drug-likeness (QED) is 0.688. The molecular weight excluding hydrogens is 380 g/mol. The lowest BCUT2D eigenvalue weighted by Gasteiger charge is -2.26. The van der Waals surface area contributed by atoms with Gasteiger partial charge in [-0.2, -0.15) is 0 Å². The van der Waals surface area contributed by atoms with Crippen LogP contribution in [0.4, 0.5) is 0 Å². The molecule has 2 aromatic rings.